The lowest BCUT2D eigenvalue weighted by molar-refractivity contribution is 0.129. The molecule has 0 N–H and O–H groups in total. The summed E-state index contributed by atoms with van der Waals surface area (Å²) in [6.45, 7) is 6.14. The van der Waals surface area contributed by atoms with Gasteiger partial charge >= 0.3 is 6.09 Å². The van der Waals surface area contributed by atoms with Gasteiger partial charge in [0.1, 0.15) is 5.75 Å². The van der Waals surface area contributed by atoms with E-state index in [1.165, 1.54) is 0 Å². The van der Waals surface area contributed by atoms with Gasteiger partial charge in [-0.2, -0.15) is 0 Å². The van der Waals surface area contributed by atoms with Crippen LogP contribution in [0.4, 0.5) is 4.79 Å². The molecule has 1 amide bonds. The van der Waals surface area contributed by atoms with Gasteiger partial charge in [0, 0.05) is 19.0 Å². The van der Waals surface area contributed by atoms with E-state index in [0.29, 0.717) is 11.7 Å². The Morgan fingerprint density at radius 1 is 1.15 bits per heavy atom. The second-order valence-corrected chi connectivity index (χ2v) is 7.36. The van der Waals surface area contributed by atoms with Crippen LogP contribution in [-0.2, 0) is 0 Å². The van der Waals surface area contributed by atoms with Crippen molar-refractivity contribution in [3.8, 4) is 17.6 Å². The minimum atomic E-state index is -0.274. The van der Waals surface area contributed by atoms with Gasteiger partial charge in [0.05, 0.1) is 6.54 Å². The molecule has 0 heterocycles. The molecule has 0 spiro atoms. The van der Waals surface area contributed by atoms with Crippen LogP contribution in [-0.4, -0.2) is 49.1 Å². The van der Waals surface area contributed by atoms with Crippen LogP contribution in [0.25, 0.3) is 0 Å². The average Bonchev–Trinajstić information content (AvgIpc) is 2.64. The van der Waals surface area contributed by atoms with E-state index >= 15 is 0 Å². The first-order valence-electron chi connectivity index (χ1n) is 9.67. The monoisotopic (exact) mass is 356 g/mol. The largest absolute Gasteiger partial charge is 0.415 e. The maximum atomic E-state index is 12.4. The summed E-state index contributed by atoms with van der Waals surface area (Å²) in [4.78, 5) is 16.4. The van der Waals surface area contributed by atoms with Crippen LogP contribution >= 0.6 is 0 Å². The van der Waals surface area contributed by atoms with E-state index in [1.54, 1.807) is 4.90 Å². The number of benzene rings is 1. The van der Waals surface area contributed by atoms with E-state index in [9.17, 15) is 4.79 Å². The average molecular weight is 357 g/mol. The first kappa shape index (κ1) is 20.3. The summed E-state index contributed by atoms with van der Waals surface area (Å²) in [6, 6.07) is 7.81. The molecule has 0 saturated heterocycles. The van der Waals surface area contributed by atoms with Crippen molar-refractivity contribution < 1.29 is 9.53 Å². The Kier molecular flexibility index (Phi) is 8.00. The van der Waals surface area contributed by atoms with E-state index in [-0.39, 0.29) is 12.1 Å². The molecule has 0 atom stereocenters. The molecule has 1 saturated carbocycles. The quantitative estimate of drug-likeness (QED) is 0.736. The highest BCUT2D eigenvalue weighted by Crippen LogP contribution is 2.27. The molecule has 0 bridgehead atoms. The SMILES string of the molecule is CCCN(C)CC#C[C@H]1CC[C@H](N(C)C(=O)Oc2ccc(C)cc2)CC1. The third-order valence-corrected chi connectivity index (χ3v) is 5.02. The Bertz CT molecular complexity index is 622. The van der Waals surface area contributed by atoms with Crippen LogP contribution in [0, 0.1) is 24.7 Å². The van der Waals surface area contributed by atoms with Crippen molar-refractivity contribution in [1.82, 2.24) is 9.80 Å². The number of aryl methyl sites for hydroxylation is 1. The lowest BCUT2D eigenvalue weighted by atomic mass is 9.86. The predicted octanol–water partition coefficient (Wildman–Crippen LogP) is 4.33. The smallest absolute Gasteiger partial charge is 0.410 e. The van der Waals surface area contributed by atoms with Crippen molar-refractivity contribution in [2.75, 3.05) is 27.2 Å². The van der Waals surface area contributed by atoms with Gasteiger partial charge in [-0.3, -0.25) is 4.90 Å². The maximum Gasteiger partial charge on any atom is 0.415 e. The lowest BCUT2D eigenvalue weighted by Crippen LogP contribution is -2.41. The second kappa shape index (κ2) is 10.2. The summed E-state index contributed by atoms with van der Waals surface area (Å²) < 4.78 is 5.48. The molecular weight excluding hydrogens is 324 g/mol. The van der Waals surface area contributed by atoms with Crippen molar-refractivity contribution in [2.45, 2.75) is 52.0 Å². The van der Waals surface area contributed by atoms with Crippen molar-refractivity contribution in [3.63, 3.8) is 0 Å². The van der Waals surface area contributed by atoms with Crippen LogP contribution in [0.3, 0.4) is 0 Å². The summed E-state index contributed by atoms with van der Waals surface area (Å²) in [6.07, 6.45) is 4.97. The normalized spacial score (nSPS) is 19.6. The van der Waals surface area contributed by atoms with E-state index in [4.69, 9.17) is 4.74 Å². The predicted molar refractivity (Wildman–Crippen MR) is 106 cm³/mol. The molecule has 0 unspecified atom stereocenters. The van der Waals surface area contributed by atoms with Crippen LogP contribution in [0.2, 0.25) is 0 Å². The zero-order valence-corrected chi connectivity index (χ0v) is 16.6. The van der Waals surface area contributed by atoms with Gasteiger partial charge in [-0.05, 0) is 64.8 Å². The second-order valence-electron chi connectivity index (χ2n) is 7.36. The molecular formula is C22H32N2O2. The first-order valence-corrected chi connectivity index (χ1v) is 9.67. The minimum absolute atomic E-state index is 0.244. The zero-order valence-electron chi connectivity index (χ0n) is 16.6. The van der Waals surface area contributed by atoms with Gasteiger partial charge in [-0.25, -0.2) is 4.79 Å². The molecule has 2 rings (SSSR count). The molecule has 1 fully saturated rings. The minimum Gasteiger partial charge on any atom is -0.410 e. The number of nitrogens with zero attached hydrogens (tertiary/aromatic N) is 2. The molecule has 26 heavy (non-hydrogen) atoms. The number of ether oxygens (including phenoxy) is 1. The summed E-state index contributed by atoms with van der Waals surface area (Å²) >= 11 is 0. The maximum absolute atomic E-state index is 12.4. The highest BCUT2D eigenvalue weighted by Gasteiger charge is 2.26. The van der Waals surface area contributed by atoms with Crippen molar-refractivity contribution in [3.05, 3.63) is 29.8 Å². The van der Waals surface area contributed by atoms with E-state index in [0.717, 1.165) is 50.8 Å². The number of carbonyl (C=O) groups excluding carboxylic acids is 1. The summed E-state index contributed by atoms with van der Waals surface area (Å²) in [7, 11) is 3.95. The van der Waals surface area contributed by atoms with E-state index in [2.05, 4.69) is 30.7 Å². The third-order valence-electron chi connectivity index (χ3n) is 5.02. The lowest BCUT2D eigenvalue weighted by Gasteiger charge is -2.32. The topological polar surface area (TPSA) is 32.8 Å². The standard InChI is InChI=1S/C22H32N2O2/c1-5-16-23(3)17-6-7-19-10-12-20(13-11-19)24(4)22(25)26-21-14-8-18(2)9-15-21/h8-9,14-15,19-20H,5,10-13,16-17H2,1-4H3/t19-,20-. The van der Waals surface area contributed by atoms with Gasteiger partial charge in [-0.15, -0.1) is 0 Å². The van der Waals surface area contributed by atoms with Crippen molar-refractivity contribution >= 4 is 6.09 Å². The fraction of sp³-hybridized carbons (Fsp3) is 0.591. The van der Waals surface area contributed by atoms with Crippen LogP contribution in [0.1, 0.15) is 44.6 Å². The third kappa shape index (κ3) is 6.38. The molecule has 0 radical (unpaired) electrons. The molecule has 1 aliphatic rings. The Hall–Kier alpha value is -1.99. The van der Waals surface area contributed by atoms with Gasteiger partial charge in [0.15, 0.2) is 0 Å². The number of rotatable bonds is 5. The number of hydrogen-bond donors (Lipinski definition) is 0. The van der Waals surface area contributed by atoms with E-state index < -0.39 is 0 Å². The molecule has 4 heteroatoms. The van der Waals surface area contributed by atoms with Crippen molar-refractivity contribution in [1.29, 1.82) is 0 Å². The van der Waals surface area contributed by atoms with Gasteiger partial charge in [-0.1, -0.05) is 36.5 Å². The van der Waals surface area contributed by atoms with Crippen LogP contribution in [0.15, 0.2) is 24.3 Å². The van der Waals surface area contributed by atoms with E-state index in [1.807, 2.05) is 38.2 Å². The van der Waals surface area contributed by atoms with Gasteiger partial charge in [0.2, 0.25) is 0 Å². The Morgan fingerprint density at radius 3 is 2.42 bits per heavy atom. The Morgan fingerprint density at radius 2 is 1.81 bits per heavy atom. The molecule has 1 aromatic rings. The summed E-state index contributed by atoms with van der Waals surface area (Å²) in [5.41, 5.74) is 1.15. The number of carbonyl (C=O) groups is 1. The summed E-state index contributed by atoms with van der Waals surface area (Å²) in [5.74, 6) is 7.79. The zero-order chi connectivity index (χ0) is 18.9. The molecule has 0 aromatic heterocycles. The fourth-order valence-corrected chi connectivity index (χ4v) is 3.32. The van der Waals surface area contributed by atoms with Crippen molar-refractivity contribution in [2.24, 2.45) is 5.92 Å². The number of amides is 1. The Labute approximate surface area is 158 Å². The highest BCUT2D eigenvalue weighted by atomic mass is 16.6. The molecule has 1 aromatic carbocycles. The first-order chi connectivity index (χ1) is 12.5. The molecule has 4 nitrogen and oxygen atoms in total. The highest BCUT2D eigenvalue weighted by molar-refractivity contribution is 5.70. The van der Waals surface area contributed by atoms with Crippen LogP contribution < -0.4 is 4.74 Å². The molecule has 0 aliphatic heterocycles. The van der Waals surface area contributed by atoms with Gasteiger partial charge < -0.3 is 9.64 Å². The summed E-state index contributed by atoms with van der Waals surface area (Å²) in [5, 5.41) is 0. The molecule has 142 valence electrons. The number of hydrogen-bond acceptors (Lipinski definition) is 3. The fourth-order valence-electron chi connectivity index (χ4n) is 3.32. The van der Waals surface area contributed by atoms with Gasteiger partial charge in [0.25, 0.3) is 0 Å². The molecule has 1 aliphatic carbocycles. The van der Waals surface area contributed by atoms with Crippen LogP contribution in [0.5, 0.6) is 5.75 Å². The Balaban J connectivity index is 1.76.